The molecule has 0 atom stereocenters. The molecule has 3 aromatic rings. The highest BCUT2D eigenvalue weighted by atomic mass is 16.7. The number of ether oxygens (including phenoxy) is 2. The number of fused-ring (bicyclic) bond motifs is 2. The van der Waals surface area contributed by atoms with E-state index in [1.165, 1.54) is 4.57 Å². The Morgan fingerprint density at radius 2 is 2.00 bits per heavy atom. The van der Waals surface area contributed by atoms with Crippen molar-refractivity contribution < 1.29 is 9.47 Å². The van der Waals surface area contributed by atoms with Crippen LogP contribution in [0.2, 0.25) is 0 Å². The normalized spacial score (nSPS) is 13.0. The minimum Gasteiger partial charge on any atom is -0.454 e. The molecule has 1 aromatic carbocycles. The van der Waals surface area contributed by atoms with Gasteiger partial charge in [-0.2, -0.15) is 0 Å². The Morgan fingerprint density at radius 3 is 2.83 bits per heavy atom. The van der Waals surface area contributed by atoms with Gasteiger partial charge < -0.3 is 9.47 Å². The highest BCUT2D eigenvalue weighted by Crippen LogP contribution is 2.35. The van der Waals surface area contributed by atoms with Gasteiger partial charge in [-0.05, 0) is 24.6 Å². The molecule has 8 nitrogen and oxygen atoms in total. The molecule has 0 saturated carbocycles. The summed E-state index contributed by atoms with van der Waals surface area (Å²) in [7, 11) is 1.67. The molecule has 0 spiro atoms. The summed E-state index contributed by atoms with van der Waals surface area (Å²) in [6, 6.07) is 5.48. The molecule has 0 saturated heterocycles. The predicted octanol–water partition coefficient (Wildman–Crippen LogP) is 1.33. The van der Waals surface area contributed by atoms with Gasteiger partial charge in [0.25, 0.3) is 0 Å². The lowest BCUT2D eigenvalue weighted by atomic mass is 10.2. The van der Waals surface area contributed by atoms with Gasteiger partial charge in [-0.1, -0.05) is 6.92 Å². The van der Waals surface area contributed by atoms with E-state index in [-0.39, 0.29) is 12.5 Å². The molecular weight excluding hydrogens is 298 g/mol. The SMILES string of the molecule is CCCn1c(=O)n(C)c2nnc(-c3ccc4c(c3)OCO4)nc21. The number of aryl methyl sites for hydroxylation is 2. The van der Waals surface area contributed by atoms with Crippen LogP contribution in [0.3, 0.4) is 0 Å². The molecule has 0 amide bonds. The van der Waals surface area contributed by atoms with Gasteiger partial charge in [0.05, 0.1) is 0 Å². The fraction of sp³-hybridized carbons (Fsp3) is 0.333. The number of imidazole rings is 1. The monoisotopic (exact) mass is 313 g/mol. The molecule has 2 aromatic heterocycles. The summed E-state index contributed by atoms with van der Waals surface area (Å²) in [6.07, 6.45) is 0.836. The molecule has 0 bridgehead atoms. The number of hydrogen-bond donors (Lipinski definition) is 0. The first-order chi connectivity index (χ1) is 11.2. The molecule has 0 radical (unpaired) electrons. The lowest BCUT2D eigenvalue weighted by molar-refractivity contribution is 0.174. The molecule has 1 aliphatic rings. The number of hydrogen-bond acceptors (Lipinski definition) is 6. The highest BCUT2D eigenvalue weighted by molar-refractivity contribution is 5.70. The maximum atomic E-state index is 12.3. The Labute approximate surface area is 131 Å². The van der Waals surface area contributed by atoms with E-state index in [1.807, 2.05) is 25.1 Å². The van der Waals surface area contributed by atoms with E-state index in [0.29, 0.717) is 35.2 Å². The van der Waals surface area contributed by atoms with Crippen LogP contribution in [-0.4, -0.2) is 31.1 Å². The van der Waals surface area contributed by atoms with Crippen LogP contribution < -0.4 is 15.2 Å². The van der Waals surface area contributed by atoms with Crippen LogP contribution >= 0.6 is 0 Å². The first kappa shape index (κ1) is 13.7. The van der Waals surface area contributed by atoms with Crippen LogP contribution in [0.1, 0.15) is 13.3 Å². The highest BCUT2D eigenvalue weighted by Gasteiger charge is 2.18. The van der Waals surface area contributed by atoms with Gasteiger partial charge in [-0.15, -0.1) is 10.2 Å². The number of benzene rings is 1. The maximum absolute atomic E-state index is 12.3. The molecule has 0 N–H and O–H groups in total. The first-order valence-electron chi connectivity index (χ1n) is 7.39. The second-order valence-electron chi connectivity index (χ2n) is 5.34. The van der Waals surface area contributed by atoms with Crippen LogP contribution in [0.15, 0.2) is 23.0 Å². The van der Waals surface area contributed by atoms with Crippen molar-refractivity contribution in [3.63, 3.8) is 0 Å². The molecule has 8 heteroatoms. The van der Waals surface area contributed by atoms with E-state index in [9.17, 15) is 4.79 Å². The summed E-state index contributed by atoms with van der Waals surface area (Å²) in [4.78, 5) is 16.8. The van der Waals surface area contributed by atoms with Gasteiger partial charge in [-0.25, -0.2) is 9.78 Å². The predicted molar refractivity (Wildman–Crippen MR) is 82.4 cm³/mol. The summed E-state index contributed by atoms with van der Waals surface area (Å²) in [5.41, 5.74) is 1.66. The van der Waals surface area contributed by atoms with Crippen molar-refractivity contribution in [2.75, 3.05) is 6.79 Å². The standard InChI is InChI=1S/C15H15N5O3/c1-3-6-20-13-14(19(2)15(20)21)18-17-12(16-13)9-4-5-10-11(7-9)23-8-22-10/h4-5,7H,3,6,8H2,1-2H3. The zero-order valence-corrected chi connectivity index (χ0v) is 12.8. The largest absolute Gasteiger partial charge is 0.454 e. The van der Waals surface area contributed by atoms with Gasteiger partial charge in [-0.3, -0.25) is 9.13 Å². The fourth-order valence-electron chi connectivity index (χ4n) is 2.66. The molecule has 3 heterocycles. The third kappa shape index (κ3) is 2.06. The Balaban J connectivity index is 1.88. The van der Waals surface area contributed by atoms with Gasteiger partial charge in [0.15, 0.2) is 23.0 Å². The smallest absolute Gasteiger partial charge is 0.331 e. The lowest BCUT2D eigenvalue weighted by Crippen LogP contribution is -2.22. The van der Waals surface area contributed by atoms with E-state index in [4.69, 9.17) is 9.47 Å². The molecule has 0 aliphatic carbocycles. The fourth-order valence-corrected chi connectivity index (χ4v) is 2.66. The molecule has 0 fully saturated rings. The van der Waals surface area contributed by atoms with E-state index < -0.39 is 0 Å². The zero-order chi connectivity index (χ0) is 16.0. The quantitative estimate of drug-likeness (QED) is 0.725. The van der Waals surface area contributed by atoms with Crippen molar-refractivity contribution in [2.45, 2.75) is 19.9 Å². The van der Waals surface area contributed by atoms with E-state index in [2.05, 4.69) is 15.2 Å². The third-order valence-corrected chi connectivity index (χ3v) is 3.82. The van der Waals surface area contributed by atoms with Crippen LogP contribution in [0.25, 0.3) is 22.7 Å². The average Bonchev–Trinajstić information content (AvgIpc) is 3.13. The number of nitrogens with zero attached hydrogens (tertiary/aromatic N) is 5. The number of rotatable bonds is 3. The molecule has 118 valence electrons. The second-order valence-corrected chi connectivity index (χ2v) is 5.34. The molecule has 4 rings (SSSR count). The first-order valence-corrected chi connectivity index (χ1v) is 7.39. The number of aromatic nitrogens is 5. The Kier molecular flexibility index (Phi) is 3.03. The summed E-state index contributed by atoms with van der Waals surface area (Å²) < 4.78 is 13.8. The van der Waals surface area contributed by atoms with Crippen molar-refractivity contribution in [3.05, 3.63) is 28.7 Å². The second kappa shape index (κ2) is 5.08. The summed E-state index contributed by atoms with van der Waals surface area (Å²) in [5, 5.41) is 8.32. The van der Waals surface area contributed by atoms with Crippen molar-refractivity contribution in [2.24, 2.45) is 7.05 Å². The van der Waals surface area contributed by atoms with Crippen molar-refractivity contribution >= 4 is 11.3 Å². The third-order valence-electron chi connectivity index (χ3n) is 3.82. The summed E-state index contributed by atoms with van der Waals surface area (Å²) >= 11 is 0. The topological polar surface area (TPSA) is 84.1 Å². The van der Waals surface area contributed by atoms with Gasteiger partial charge in [0, 0.05) is 19.2 Å². The van der Waals surface area contributed by atoms with Gasteiger partial charge >= 0.3 is 5.69 Å². The summed E-state index contributed by atoms with van der Waals surface area (Å²) in [5.74, 6) is 1.81. The van der Waals surface area contributed by atoms with Crippen molar-refractivity contribution in [3.8, 4) is 22.9 Å². The van der Waals surface area contributed by atoms with E-state index >= 15 is 0 Å². The maximum Gasteiger partial charge on any atom is 0.331 e. The van der Waals surface area contributed by atoms with Crippen LogP contribution in [-0.2, 0) is 13.6 Å². The molecular formula is C15H15N5O3. The Hall–Kier alpha value is -2.90. The molecule has 0 unspecified atom stereocenters. The average molecular weight is 313 g/mol. The minimum atomic E-state index is -0.133. The Bertz CT molecular complexity index is 960. The van der Waals surface area contributed by atoms with Crippen molar-refractivity contribution in [1.82, 2.24) is 24.3 Å². The van der Waals surface area contributed by atoms with E-state index in [0.717, 1.165) is 12.0 Å². The Morgan fingerprint density at radius 1 is 1.17 bits per heavy atom. The van der Waals surface area contributed by atoms with Gasteiger partial charge in [0.1, 0.15) is 0 Å². The van der Waals surface area contributed by atoms with E-state index in [1.54, 1.807) is 11.6 Å². The van der Waals surface area contributed by atoms with Gasteiger partial charge in [0.2, 0.25) is 12.4 Å². The van der Waals surface area contributed by atoms with Crippen LogP contribution in [0.4, 0.5) is 0 Å². The minimum absolute atomic E-state index is 0.133. The lowest BCUT2D eigenvalue weighted by Gasteiger charge is -2.03. The summed E-state index contributed by atoms with van der Waals surface area (Å²) in [6.45, 7) is 2.82. The molecule has 1 aliphatic heterocycles. The van der Waals surface area contributed by atoms with Crippen molar-refractivity contribution in [1.29, 1.82) is 0 Å². The molecule has 23 heavy (non-hydrogen) atoms. The zero-order valence-electron chi connectivity index (χ0n) is 12.8. The van der Waals surface area contributed by atoms with Crippen LogP contribution in [0.5, 0.6) is 11.5 Å². The van der Waals surface area contributed by atoms with Crippen LogP contribution in [0, 0.1) is 0 Å².